The number of nitrogens with zero attached hydrogens (tertiary/aromatic N) is 1. The van der Waals surface area contributed by atoms with Crippen LogP contribution in [0.15, 0.2) is 53.3 Å². The Morgan fingerprint density at radius 3 is 2.50 bits per heavy atom. The van der Waals surface area contributed by atoms with E-state index in [0.29, 0.717) is 35.1 Å². The van der Waals surface area contributed by atoms with Crippen LogP contribution in [0.25, 0.3) is 10.9 Å². The summed E-state index contributed by atoms with van der Waals surface area (Å²) in [6, 6.07) is 12.6. The fourth-order valence-electron chi connectivity index (χ4n) is 2.70. The summed E-state index contributed by atoms with van der Waals surface area (Å²) in [6.07, 6.45) is 1.08. The quantitative estimate of drug-likeness (QED) is 0.565. The normalized spacial score (nSPS) is 10.6. The lowest BCUT2D eigenvalue weighted by Crippen LogP contribution is -2.42. The molecule has 144 valence electrons. The first-order chi connectivity index (χ1) is 13.5. The minimum absolute atomic E-state index is 0.0306. The first kappa shape index (κ1) is 19.2. The molecule has 0 fully saturated rings. The highest BCUT2D eigenvalue weighted by Crippen LogP contribution is 2.07. The standard InChI is InChI=1S/C20H19FN4O3/c21-14-10-8-13(9-11-14)12-19(27)25-24-18(26)7-3-6-17-22-16-5-2-1-4-15(16)20(28)23-17/h1-2,4-5,8-11H,3,6-7,12H2,(H,24,26)(H,25,27)(H,22,23,28). The Kier molecular flexibility index (Phi) is 6.11. The van der Waals surface area contributed by atoms with E-state index in [1.54, 1.807) is 24.3 Å². The summed E-state index contributed by atoms with van der Waals surface area (Å²) in [5, 5.41) is 0.521. The van der Waals surface area contributed by atoms with Crippen LogP contribution in [-0.2, 0) is 22.4 Å². The second-order valence-electron chi connectivity index (χ2n) is 6.28. The van der Waals surface area contributed by atoms with Crippen LogP contribution in [0, 0.1) is 5.82 Å². The van der Waals surface area contributed by atoms with Gasteiger partial charge in [0, 0.05) is 12.8 Å². The minimum Gasteiger partial charge on any atom is -0.310 e. The maximum Gasteiger partial charge on any atom is 0.258 e. The predicted octanol–water partition coefficient (Wildman–Crippen LogP) is 1.77. The molecule has 1 heterocycles. The Balaban J connectivity index is 1.42. The van der Waals surface area contributed by atoms with Gasteiger partial charge >= 0.3 is 0 Å². The molecule has 0 radical (unpaired) electrons. The number of H-pyrrole nitrogens is 1. The number of aromatic nitrogens is 2. The molecule has 2 aromatic carbocycles. The number of hydrogen-bond acceptors (Lipinski definition) is 4. The van der Waals surface area contributed by atoms with E-state index in [-0.39, 0.29) is 30.1 Å². The molecule has 0 aliphatic rings. The number of hydrazine groups is 1. The summed E-state index contributed by atoms with van der Waals surface area (Å²) >= 11 is 0. The van der Waals surface area contributed by atoms with Crippen molar-refractivity contribution in [2.75, 3.05) is 0 Å². The van der Waals surface area contributed by atoms with E-state index in [9.17, 15) is 18.8 Å². The molecule has 0 aliphatic carbocycles. The van der Waals surface area contributed by atoms with Gasteiger partial charge in [-0.2, -0.15) is 0 Å². The van der Waals surface area contributed by atoms with Crippen LogP contribution in [0.4, 0.5) is 4.39 Å². The van der Waals surface area contributed by atoms with Crippen molar-refractivity contribution in [3.05, 3.63) is 76.1 Å². The fourth-order valence-corrected chi connectivity index (χ4v) is 2.70. The largest absolute Gasteiger partial charge is 0.310 e. The zero-order chi connectivity index (χ0) is 19.9. The molecule has 8 heteroatoms. The zero-order valence-corrected chi connectivity index (χ0v) is 15.0. The van der Waals surface area contributed by atoms with Crippen LogP contribution in [0.2, 0.25) is 0 Å². The summed E-state index contributed by atoms with van der Waals surface area (Å²) in [5.74, 6) is -0.618. The van der Waals surface area contributed by atoms with Gasteiger partial charge in [-0.3, -0.25) is 25.2 Å². The highest BCUT2D eigenvalue weighted by Gasteiger charge is 2.08. The second kappa shape index (κ2) is 8.90. The van der Waals surface area contributed by atoms with Crippen molar-refractivity contribution >= 4 is 22.7 Å². The average molecular weight is 382 g/mol. The third-order valence-electron chi connectivity index (χ3n) is 4.10. The fraction of sp³-hybridized carbons (Fsp3) is 0.200. The molecule has 0 saturated heterocycles. The Hall–Kier alpha value is -3.55. The van der Waals surface area contributed by atoms with Gasteiger partial charge in [0.05, 0.1) is 17.3 Å². The van der Waals surface area contributed by atoms with Crippen LogP contribution >= 0.6 is 0 Å². The lowest BCUT2D eigenvalue weighted by molar-refractivity contribution is -0.128. The molecule has 0 spiro atoms. The molecular weight excluding hydrogens is 363 g/mol. The maximum absolute atomic E-state index is 12.8. The Morgan fingerprint density at radius 1 is 1.00 bits per heavy atom. The van der Waals surface area contributed by atoms with E-state index >= 15 is 0 Å². The van der Waals surface area contributed by atoms with Crippen LogP contribution in [-0.4, -0.2) is 21.8 Å². The summed E-state index contributed by atoms with van der Waals surface area (Å²) in [7, 11) is 0. The molecule has 0 bridgehead atoms. The number of rotatable bonds is 6. The molecule has 2 amide bonds. The molecule has 3 rings (SSSR count). The van der Waals surface area contributed by atoms with Crippen molar-refractivity contribution in [3.8, 4) is 0 Å². The number of fused-ring (bicyclic) bond motifs is 1. The van der Waals surface area contributed by atoms with Gasteiger partial charge in [0.1, 0.15) is 11.6 Å². The molecular formula is C20H19FN4O3. The van der Waals surface area contributed by atoms with Crippen molar-refractivity contribution in [3.63, 3.8) is 0 Å². The molecule has 1 aromatic heterocycles. The number of amides is 2. The molecule has 3 N–H and O–H groups in total. The number of aromatic amines is 1. The smallest absolute Gasteiger partial charge is 0.258 e. The third-order valence-corrected chi connectivity index (χ3v) is 4.10. The average Bonchev–Trinajstić information content (AvgIpc) is 2.68. The van der Waals surface area contributed by atoms with Gasteiger partial charge in [-0.25, -0.2) is 9.37 Å². The van der Waals surface area contributed by atoms with Crippen LogP contribution in [0.3, 0.4) is 0 Å². The SMILES string of the molecule is O=C(CCCc1nc2ccccc2c(=O)[nH]1)NNC(=O)Cc1ccc(F)cc1. The summed E-state index contributed by atoms with van der Waals surface area (Å²) in [6.45, 7) is 0. The van der Waals surface area contributed by atoms with Gasteiger partial charge in [-0.1, -0.05) is 24.3 Å². The van der Waals surface area contributed by atoms with Crippen LogP contribution in [0.1, 0.15) is 24.2 Å². The lowest BCUT2D eigenvalue weighted by atomic mass is 10.1. The van der Waals surface area contributed by atoms with Crippen molar-refractivity contribution in [1.82, 2.24) is 20.8 Å². The van der Waals surface area contributed by atoms with Crippen LogP contribution < -0.4 is 16.4 Å². The molecule has 0 unspecified atom stereocenters. The molecule has 7 nitrogen and oxygen atoms in total. The highest BCUT2D eigenvalue weighted by molar-refractivity contribution is 5.83. The van der Waals surface area contributed by atoms with E-state index in [2.05, 4.69) is 20.8 Å². The Labute approximate surface area is 160 Å². The number of hydrogen-bond donors (Lipinski definition) is 3. The van der Waals surface area contributed by atoms with Gasteiger partial charge in [0.2, 0.25) is 11.8 Å². The van der Waals surface area contributed by atoms with E-state index in [1.807, 2.05) is 0 Å². The first-order valence-electron chi connectivity index (χ1n) is 8.81. The number of halogens is 1. The van der Waals surface area contributed by atoms with Gasteiger partial charge in [0.25, 0.3) is 5.56 Å². The first-order valence-corrected chi connectivity index (χ1v) is 8.81. The van der Waals surface area contributed by atoms with Crippen molar-refractivity contribution in [2.24, 2.45) is 0 Å². The Morgan fingerprint density at radius 2 is 1.71 bits per heavy atom. The summed E-state index contributed by atoms with van der Waals surface area (Å²) in [5.41, 5.74) is 5.70. The van der Waals surface area contributed by atoms with Gasteiger partial charge < -0.3 is 4.98 Å². The van der Waals surface area contributed by atoms with E-state index < -0.39 is 5.91 Å². The second-order valence-corrected chi connectivity index (χ2v) is 6.28. The lowest BCUT2D eigenvalue weighted by Gasteiger charge is -2.07. The van der Waals surface area contributed by atoms with Gasteiger partial charge in [-0.15, -0.1) is 0 Å². The molecule has 28 heavy (non-hydrogen) atoms. The van der Waals surface area contributed by atoms with E-state index in [0.717, 1.165) is 0 Å². The highest BCUT2D eigenvalue weighted by atomic mass is 19.1. The number of nitrogens with one attached hydrogen (secondary N) is 3. The molecule has 0 aliphatic heterocycles. The number of para-hydroxylation sites is 1. The van der Waals surface area contributed by atoms with Gasteiger partial charge in [0.15, 0.2) is 0 Å². The molecule has 0 atom stereocenters. The van der Waals surface area contributed by atoms with Crippen molar-refractivity contribution < 1.29 is 14.0 Å². The van der Waals surface area contributed by atoms with Crippen LogP contribution in [0.5, 0.6) is 0 Å². The van der Waals surface area contributed by atoms with Crippen molar-refractivity contribution in [1.29, 1.82) is 0 Å². The number of carbonyl (C=O) groups is 2. The summed E-state index contributed by atoms with van der Waals surface area (Å²) < 4.78 is 12.8. The summed E-state index contributed by atoms with van der Waals surface area (Å²) in [4.78, 5) is 42.7. The van der Waals surface area contributed by atoms with E-state index in [1.165, 1.54) is 24.3 Å². The monoisotopic (exact) mass is 382 g/mol. The third kappa shape index (κ3) is 5.23. The number of benzene rings is 2. The maximum atomic E-state index is 12.8. The predicted molar refractivity (Wildman–Crippen MR) is 102 cm³/mol. The van der Waals surface area contributed by atoms with Gasteiger partial charge in [-0.05, 0) is 36.2 Å². The number of aryl methyl sites for hydroxylation is 1. The Bertz CT molecular complexity index is 1050. The molecule has 3 aromatic rings. The molecule has 0 saturated carbocycles. The zero-order valence-electron chi connectivity index (χ0n) is 15.0. The topological polar surface area (TPSA) is 104 Å². The van der Waals surface area contributed by atoms with Crippen molar-refractivity contribution in [2.45, 2.75) is 25.7 Å². The minimum atomic E-state index is -0.402. The van der Waals surface area contributed by atoms with E-state index in [4.69, 9.17) is 0 Å². The number of carbonyl (C=O) groups excluding carboxylic acids is 2.